The Bertz CT molecular complexity index is 560. The van der Waals surface area contributed by atoms with Crippen LogP contribution in [-0.2, 0) is 17.8 Å². The lowest BCUT2D eigenvalue weighted by atomic mass is 10.0. The van der Waals surface area contributed by atoms with Crippen molar-refractivity contribution in [3.05, 3.63) is 35.4 Å². The largest absolute Gasteiger partial charge is 0.379 e. The lowest BCUT2D eigenvalue weighted by molar-refractivity contribution is 0.0342. The van der Waals surface area contributed by atoms with E-state index in [4.69, 9.17) is 10.5 Å². The monoisotopic (exact) mass is 458 g/mol. The smallest absolute Gasteiger partial charge is 0.191 e. The number of hydrogen-bond acceptors (Lipinski definition) is 3. The van der Waals surface area contributed by atoms with Gasteiger partial charge in [-0.15, -0.1) is 24.0 Å². The fourth-order valence-electron chi connectivity index (χ4n) is 3.51. The van der Waals surface area contributed by atoms with Crippen molar-refractivity contribution < 1.29 is 4.74 Å². The standard InChI is InChI=1S/C19H30N4O.HI/c1-16-4-3-7-23(14-16)19(20)21-13-17-5-2-6-18(12-17)15-22-8-10-24-11-9-22;/h2,5-6,12,16H,3-4,7-11,13-15H2,1H3,(H2,20,21);1H. The molecule has 2 aliphatic heterocycles. The van der Waals surface area contributed by atoms with Gasteiger partial charge < -0.3 is 15.4 Å². The van der Waals surface area contributed by atoms with E-state index in [9.17, 15) is 0 Å². The summed E-state index contributed by atoms with van der Waals surface area (Å²) < 4.78 is 5.41. The Labute approximate surface area is 168 Å². The highest BCUT2D eigenvalue weighted by Gasteiger charge is 2.17. The maximum atomic E-state index is 6.20. The minimum Gasteiger partial charge on any atom is -0.379 e. The van der Waals surface area contributed by atoms with Crippen molar-refractivity contribution in [2.75, 3.05) is 39.4 Å². The summed E-state index contributed by atoms with van der Waals surface area (Å²) in [6.45, 7) is 9.72. The third kappa shape index (κ3) is 6.42. The molecule has 6 heteroatoms. The van der Waals surface area contributed by atoms with Crippen LogP contribution in [0.15, 0.2) is 29.3 Å². The van der Waals surface area contributed by atoms with E-state index in [1.54, 1.807) is 0 Å². The first kappa shape index (κ1) is 20.5. The highest BCUT2D eigenvalue weighted by molar-refractivity contribution is 14.0. The van der Waals surface area contributed by atoms with Crippen LogP contribution in [0.25, 0.3) is 0 Å². The Morgan fingerprint density at radius 3 is 2.76 bits per heavy atom. The molecule has 1 aromatic carbocycles. The van der Waals surface area contributed by atoms with E-state index in [-0.39, 0.29) is 24.0 Å². The number of nitrogens with two attached hydrogens (primary N) is 1. The zero-order chi connectivity index (χ0) is 16.8. The molecule has 2 N–H and O–H groups in total. The minimum atomic E-state index is 0. The molecule has 2 fully saturated rings. The van der Waals surface area contributed by atoms with Gasteiger partial charge >= 0.3 is 0 Å². The van der Waals surface area contributed by atoms with Crippen molar-refractivity contribution >= 4 is 29.9 Å². The molecule has 0 saturated carbocycles. The number of aliphatic imine (C=N–C) groups is 1. The van der Waals surface area contributed by atoms with Crippen LogP contribution in [0.2, 0.25) is 0 Å². The van der Waals surface area contributed by atoms with Crippen molar-refractivity contribution in [2.24, 2.45) is 16.6 Å². The molecule has 1 aromatic rings. The van der Waals surface area contributed by atoms with Gasteiger partial charge in [0.1, 0.15) is 0 Å². The van der Waals surface area contributed by atoms with E-state index in [2.05, 4.69) is 46.0 Å². The average molecular weight is 458 g/mol. The van der Waals surface area contributed by atoms with Crippen molar-refractivity contribution in [1.82, 2.24) is 9.80 Å². The summed E-state index contributed by atoms with van der Waals surface area (Å²) in [6.07, 6.45) is 2.51. The van der Waals surface area contributed by atoms with Crippen LogP contribution in [0.1, 0.15) is 30.9 Å². The van der Waals surface area contributed by atoms with Crippen molar-refractivity contribution in [2.45, 2.75) is 32.9 Å². The topological polar surface area (TPSA) is 54.1 Å². The van der Waals surface area contributed by atoms with E-state index in [1.807, 2.05) is 0 Å². The van der Waals surface area contributed by atoms with Gasteiger partial charge in [0.25, 0.3) is 0 Å². The number of benzene rings is 1. The molecular weight excluding hydrogens is 427 g/mol. The van der Waals surface area contributed by atoms with Gasteiger partial charge in [-0.3, -0.25) is 4.90 Å². The third-order valence-electron chi connectivity index (χ3n) is 4.91. The summed E-state index contributed by atoms with van der Waals surface area (Å²) in [5, 5.41) is 0. The maximum absolute atomic E-state index is 6.20. The van der Waals surface area contributed by atoms with E-state index >= 15 is 0 Å². The molecule has 0 spiro atoms. The number of ether oxygens (including phenoxy) is 1. The normalized spacial score (nSPS) is 22.5. The number of hydrogen-bond donors (Lipinski definition) is 1. The van der Waals surface area contributed by atoms with Crippen LogP contribution in [0, 0.1) is 5.92 Å². The molecule has 0 amide bonds. The highest BCUT2D eigenvalue weighted by Crippen LogP contribution is 2.15. The van der Waals surface area contributed by atoms with Gasteiger partial charge in [-0.25, -0.2) is 4.99 Å². The Balaban J connectivity index is 0.00000225. The summed E-state index contributed by atoms with van der Waals surface area (Å²) in [5.41, 5.74) is 8.77. The SMILES string of the molecule is CC1CCCN(C(N)=NCc2cccc(CN3CCOCC3)c2)C1.I. The zero-order valence-corrected chi connectivity index (χ0v) is 17.5. The van der Waals surface area contributed by atoms with Crippen LogP contribution in [0.3, 0.4) is 0 Å². The predicted molar refractivity (Wildman–Crippen MR) is 113 cm³/mol. The second-order valence-electron chi connectivity index (χ2n) is 7.08. The molecule has 2 aliphatic rings. The number of likely N-dealkylation sites (tertiary alicyclic amines) is 1. The number of morpholine rings is 1. The fraction of sp³-hybridized carbons (Fsp3) is 0.632. The van der Waals surface area contributed by atoms with Gasteiger partial charge in [0.15, 0.2) is 5.96 Å². The van der Waals surface area contributed by atoms with Gasteiger partial charge in [0, 0.05) is 32.7 Å². The van der Waals surface area contributed by atoms with Crippen molar-refractivity contribution in [1.29, 1.82) is 0 Å². The molecule has 1 atom stereocenters. The highest BCUT2D eigenvalue weighted by atomic mass is 127. The van der Waals surface area contributed by atoms with E-state index in [1.165, 1.54) is 24.0 Å². The van der Waals surface area contributed by atoms with Gasteiger partial charge in [-0.05, 0) is 29.9 Å². The van der Waals surface area contributed by atoms with Crippen LogP contribution in [-0.4, -0.2) is 55.2 Å². The van der Waals surface area contributed by atoms with Crippen LogP contribution < -0.4 is 5.73 Å². The van der Waals surface area contributed by atoms with E-state index < -0.39 is 0 Å². The lowest BCUT2D eigenvalue weighted by Gasteiger charge is -2.31. The molecule has 0 bridgehead atoms. The Hall–Kier alpha value is -0.860. The third-order valence-corrected chi connectivity index (χ3v) is 4.91. The summed E-state index contributed by atoms with van der Waals surface area (Å²) in [7, 11) is 0. The van der Waals surface area contributed by atoms with Crippen molar-refractivity contribution in [3.63, 3.8) is 0 Å². The van der Waals surface area contributed by atoms with E-state index in [0.29, 0.717) is 18.4 Å². The summed E-state index contributed by atoms with van der Waals surface area (Å²) in [4.78, 5) is 9.29. The number of piperidine rings is 1. The summed E-state index contributed by atoms with van der Waals surface area (Å²) >= 11 is 0. The molecule has 3 rings (SSSR count). The molecule has 0 aliphatic carbocycles. The number of nitrogens with zero attached hydrogens (tertiary/aromatic N) is 3. The maximum Gasteiger partial charge on any atom is 0.191 e. The van der Waals surface area contributed by atoms with Gasteiger partial charge in [-0.2, -0.15) is 0 Å². The molecule has 25 heavy (non-hydrogen) atoms. The second kappa shape index (κ2) is 10.3. The quantitative estimate of drug-likeness (QED) is 0.429. The zero-order valence-electron chi connectivity index (χ0n) is 15.2. The van der Waals surface area contributed by atoms with Crippen LogP contribution >= 0.6 is 24.0 Å². The van der Waals surface area contributed by atoms with Gasteiger partial charge in [0.2, 0.25) is 0 Å². The molecule has 2 saturated heterocycles. The van der Waals surface area contributed by atoms with Gasteiger partial charge in [-0.1, -0.05) is 31.2 Å². The lowest BCUT2D eigenvalue weighted by Crippen LogP contribution is -2.43. The molecule has 2 heterocycles. The average Bonchev–Trinajstić information content (AvgIpc) is 2.61. The molecule has 140 valence electrons. The molecule has 1 unspecified atom stereocenters. The summed E-state index contributed by atoms with van der Waals surface area (Å²) in [5.74, 6) is 1.41. The molecule has 0 radical (unpaired) electrons. The first-order valence-corrected chi connectivity index (χ1v) is 9.13. The number of guanidine groups is 1. The van der Waals surface area contributed by atoms with Gasteiger partial charge in [0.05, 0.1) is 19.8 Å². The van der Waals surface area contributed by atoms with Crippen LogP contribution in [0.4, 0.5) is 0 Å². The first-order chi connectivity index (χ1) is 11.7. The number of halogens is 1. The Morgan fingerprint density at radius 2 is 2.00 bits per heavy atom. The fourth-order valence-corrected chi connectivity index (χ4v) is 3.51. The van der Waals surface area contributed by atoms with Crippen molar-refractivity contribution in [3.8, 4) is 0 Å². The molecule has 5 nitrogen and oxygen atoms in total. The second-order valence-corrected chi connectivity index (χ2v) is 7.08. The minimum absolute atomic E-state index is 0. The number of rotatable bonds is 4. The first-order valence-electron chi connectivity index (χ1n) is 9.13. The van der Waals surface area contributed by atoms with Crippen LogP contribution in [0.5, 0.6) is 0 Å². The molecule has 0 aromatic heterocycles. The summed E-state index contributed by atoms with van der Waals surface area (Å²) in [6, 6.07) is 8.71. The predicted octanol–water partition coefficient (Wildman–Crippen LogP) is 2.68. The Kier molecular flexibility index (Phi) is 8.45. The van der Waals surface area contributed by atoms with E-state index in [0.717, 1.165) is 45.9 Å². The Morgan fingerprint density at radius 1 is 1.24 bits per heavy atom. The molecular formula is C19H31IN4O.